The minimum atomic E-state index is 0.466. The Kier molecular flexibility index (Phi) is 2.92. The van der Waals surface area contributed by atoms with E-state index in [-0.39, 0.29) is 0 Å². The summed E-state index contributed by atoms with van der Waals surface area (Å²) >= 11 is 5.75. The van der Waals surface area contributed by atoms with Crippen LogP contribution in [0.1, 0.15) is 12.8 Å². The Morgan fingerprint density at radius 2 is 1.71 bits per heavy atom. The summed E-state index contributed by atoms with van der Waals surface area (Å²) in [5.41, 5.74) is 0. The van der Waals surface area contributed by atoms with Crippen LogP contribution in [0.4, 0.5) is 5.82 Å². The highest BCUT2D eigenvalue weighted by molar-refractivity contribution is 6.29. The van der Waals surface area contributed by atoms with Gasteiger partial charge in [0.1, 0.15) is 0 Å². The van der Waals surface area contributed by atoms with Gasteiger partial charge >= 0.3 is 0 Å². The second kappa shape index (κ2) is 4.42. The summed E-state index contributed by atoms with van der Waals surface area (Å²) in [6, 6.07) is 3.79. The van der Waals surface area contributed by atoms with E-state index in [0.29, 0.717) is 5.15 Å². The van der Waals surface area contributed by atoms with Gasteiger partial charge < -0.3 is 9.38 Å². The molecule has 0 radical (unpaired) electrons. The molecule has 3 heterocycles. The van der Waals surface area contributed by atoms with Crippen molar-refractivity contribution in [2.75, 3.05) is 44.2 Å². The van der Waals surface area contributed by atoms with Crippen LogP contribution in [0.25, 0.3) is 0 Å². The number of hydrogen-bond donors (Lipinski definition) is 0. The highest BCUT2D eigenvalue weighted by Crippen LogP contribution is 2.24. The van der Waals surface area contributed by atoms with E-state index in [1.807, 2.05) is 12.1 Å². The molecule has 0 aromatic carbocycles. The van der Waals surface area contributed by atoms with Crippen molar-refractivity contribution in [3.8, 4) is 0 Å². The van der Waals surface area contributed by atoms with E-state index in [2.05, 4.69) is 15.1 Å². The van der Waals surface area contributed by atoms with E-state index in [1.165, 1.54) is 43.5 Å². The molecular formula is C12H18ClN4+. The SMILES string of the molecule is Clc1ccc(N2CC[N+]3(CCCC3)CC2)nn1. The highest BCUT2D eigenvalue weighted by Gasteiger charge is 2.35. The lowest BCUT2D eigenvalue weighted by molar-refractivity contribution is -0.917. The number of halogens is 1. The molecule has 0 N–H and O–H groups in total. The second-order valence-electron chi connectivity index (χ2n) is 5.14. The molecule has 2 fully saturated rings. The topological polar surface area (TPSA) is 29.0 Å². The first-order valence-corrected chi connectivity index (χ1v) is 6.75. The van der Waals surface area contributed by atoms with Crippen LogP contribution in [0.15, 0.2) is 12.1 Å². The van der Waals surface area contributed by atoms with Crippen molar-refractivity contribution in [2.45, 2.75) is 12.8 Å². The van der Waals surface area contributed by atoms with E-state index in [9.17, 15) is 0 Å². The Balaban J connectivity index is 1.66. The van der Waals surface area contributed by atoms with Crippen molar-refractivity contribution in [1.82, 2.24) is 10.2 Å². The zero-order valence-corrected chi connectivity index (χ0v) is 10.7. The Labute approximate surface area is 107 Å². The molecule has 1 aromatic rings. The Bertz CT molecular complexity index is 376. The molecule has 4 nitrogen and oxygen atoms in total. The predicted octanol–water partition coefficient (Wildman–Crippen LogP) is 1.56. The summed E-state index contributed by atoms with van der Waals surface area (Å²) in [7, 11) is 0. The zero-order chi connectivity index (χ0) is 11.7. The van der Waals surface area contributed by atoms with Crippen LogP contribution in [0, 0.1) is 0 Å². The van der Waals surface area contributed by atoms with Gasteiger partial charge in [-0.1, -0.05) is 11.6 Å². The van der Waals surface area contributed by atoms with Gasteiger partial charge in [-0.2, -0.15) is 0 Å². The number of nitrogens with zero attached hydrogens (tertiary/aromatic N) is 4. The Morgan fingerprint density at radius 1 is 1.00 bits per heavy atom. The van der Waals surface area contributed by atoms with Crippen LogP contribution in [0.5, 0.6) is 0 Å². The number of piperazine rings is 1. The summed E-state index contributed by atoms with van der Waals surface area (Å²) < 4.78 is 1.33. The van der Waals surface area contributed by atoms with Crippen molar-refractivity contribution in [1.29, 1.82) is 0 Å². The number of quaternary nitrogens is 1. The minimum absolute atomic E-state index is 0.466. The third kappa shape index (κ3) is 2.24. The van der Waals surface area contributed by atoms with Crippen LogP contribution < -0.4 is 4.90 Å². The lowest BCUT2D eigenvalue weighted by Gasteiger charge is -2.42. The maximum atomic E-state index is 5.75. The standard InChI is InChI=1S/C12H18ClN4/c13-11-3-4-12(15-14-11)16-5-9-17(10-6-16)7-1-2-8-17/h3-4H,1-2,5-10H2/q+1. The molecule has 5 heteroatoms. The van der Waals surface area contributed by atoms with Crippen LogP contribution >= 0.6 is 11.6 Å². The summed E-state index contributed by atoms with van der Waals surface area (Å²) in [5, 5.41) is 8.53. The number of rotatable bonds is 1. The first-order valence-electron chi connectivity index (χ1n) is 6.37. The molecule has 2 aliphatic rings. The smallest absolute Gasteiger partial charge is 0.151 e. The predicted molar refractivity (Wildman–Crippen MR) is 68.2 cm³/mol. The molecule has 0 atom stereocenters. The Hall–Kier alpha value is -0.870. The minimum Gasteiger partial charge on any atom is -0.344 e. The average molecular weight is 254 g/mol. The molecule has 0 saturated carbocycles. The number of hydrogen-bond acceptors (Lipinski definition) is 3. The summed E-state index contributed by atoms with van der Waals surface area (Å²) in [6.45, 7) is 7.45. The lowest BCUT2D eigenvalue weighted by Crippen LogP contribution is -2.58. The molecule has 17 heavy (non-hydrogen) atoms. The fourth-order valence-corrected chi connectivity index (χ4v) is 3.15. The van der Waals surface area contributed by atoms with Crippen LogP contribution in [0.3, 0.4) is 0 Å². The molecule has 2 aliphatic heterocycles. The zero-order valence-electron chi connectivity index (χ0n) is 9.98. The maximum Gasteiger partial charge on any atom is 0.151 e. The van der Waals surface area contributed by atoms with Gasteiger partial charge in [0.2, 0.25) is 0 Å². The van der Waals surface area contributed by atoms with Crippen LogP contribution in [-0.4, -0.2) is 53.9 Å². The fraction of sp³-hybridized carbons (Fsp3) is 0.667. The molecule has 0 unspecified atom stereocenters. The van der Waals surface area contributed by atoms with Crippen molar-refractivity contribution < 1.29 is 4.48 Å². The molecular weight excluding hydrogens is 236 g/mol. The van der Waals surface area contributed by atoms with Crippen molar-refractivity contribution in [3.63, 3.8) is 0 Å². The van der Waals surface area contributed by atoms with Gasteiger partial charge in [0.05, 0.1) is 39.3 Å². The third-order valence-electron chi connectivity index (χ3n) is 4.15. The highest BCUT2D eigenvalue weighted by atomic mass is 35.5. The van der Waals surface area contributed by atoms with E-state index in [1.54, 1.807) is 0 Å². The van der Waals surface area contributed by atoms with E-state index in [0.717, 1.165) is 18.9 Å². The van der Waals surface area contributed by atoms with Gasteiger partial charge in [0.25, 0.3) is 0 Å². The molecule has 0 aliphatic carbocycles. The molecule has 1 spiro atoms. The number of anilines is 1. The van der Waals surface area contributed by atoms with Gasteiger partial charge in [-0.05, 0) is 12.1 Å². The Morgan fingerprint density at radius 3 is 2.29 bits per heavy atom. The molecule has 92 valence electrons. The molecule has 0 amide bonds. The van der Waals surface area contributed by atoms with Crippen molar-refractivity contribution >= 4 is 17.4 Å². The molecule has 0 bridgehead atoms. The summed E-state index contributed by atoms with van der Waals surface area (Å²) in [4.78, 5) is 2.32. The second-order valence-corrected chi connectivity index (χ2v) is 5.53. The van der Waals surface area contributed by atoms with Gasteiger partial charge in [0.15, 0.2) is 11.0 Å². The largest absolute Gasteiger partial charge is 0.344 e. The molecule has 2 saturated heterocycles. The van der Waals surface area contributed by atoms with E-state index >= 15 is 0 Å². The third-order valence-corrected chi connectivity index (χ3v) is 4.35. The summed E-state index contributed by atoms with van der Waals surface area (Å²) in [6.07, 6.45) is 2.81. The van der Waals surface area contributed by atoms with Gasteiger partial charge in [-0.25, -0.2) is 0 Å². The monoisotopic (exact) mass is 253 g/mol. The van der Waals surface area contributed by atoms with Gasteiger partial charge in [-0.15, -0.1) is 10.2 Å². The van der Waals surface area contributed by atoms with E-state index in [4.69, 9.17) is 11.6 Å². The number of aromatic nitrogens is 2. The quantitative estimate of drug-likeness (QED) is 0.712. The fourth-order valence-electron chi connectivity index (χ4n) is 3.05. The van der Waals surface area contributed by atoms with E-state index < -0.39 is 0 Å². The van der Waals surface area contributed by atoms with Crippen molar-refractivity contribution in [2.24, 2.45) is 0 Å². The van der Waals surface area contributed by atoms with Gasteiger partial charge in [-0.3, -0.25) is 0 Å². The normalized spacial score (nSPS) is 23.2. The van der Waals surface area contributed by atoms with Gasteiger partial charge in [0, 0.05) is 12.8 Å². The lowest BCUT2D eigenvalue weighted by atomic mass is 10.2. The summed E-state index contributed by atoms with van der Waals surface area (Å²) in [5.74, 6) is 0.964. The van der Waals surface area contributed by atoms with Crippen LogP contribution in [-0.2, 0) is 0 Å². The van der Waals surface area contributed by atoms with Crippen molar-refractivity contribution in [3.05, 3.63) is 17.3 Å². The molecule has 3 rings (SSSR count). The first kappa shape index (κ1) is 11.2. The maximum absolute atomic E-state index is 5.75. The molecule has 1 aromatic heterocycles. The van der Waals surface area contributed by atoms with Crippen LogP contribution in [0.2, 0.25) is 5.15 Å². The average Bonchev–Trinajstić information content (AvgIpc) is 2.80. The first-order chi connectivity index (χ1) is 8.27.